The van der Waals surface area contributed by atoms with Crippen LogP contribution in [-0.4, -0.2) is 43.9 Å². The predicted molar refractivity (Wildman–Crippen MR) is 534 cm³/mol. The Morgan fingerprint density at radius 1 is 0.185 bits per heavy atom. The number of aliphatic hydroxyl groups is 1. The molecular formula is C114H77O7P3. The maximum atomic E-state index is 10.3. The maximum absolute atomic E-state index is 10.3. The van der Waals surface area contributed by atoms with Crippen molar-refractivity contribution < 1.29 is 34.8 Å². The Hall–Kier alpha value is -14.4. The number of carbonyl (C=O) groups is 3. The van der Waals surface area contributed by atoms with Crippen LogP contribution in [-0.2, 0) is 14.4 Å². The van der Waals surface area contributed by atoms with E-state index in [1.165, 1.54) is 226 Å². The topological polar surface area (TPSA) is 132 Å². The minimum Gasteiger partial charge on any atom is -0.481 e. The summed E-state index contributed by atoms with van der Waals surface area (Å²) in [7, 11) is 1.69. The molecule has 0 amide bonds. The van der Waals surface area contributed by atoms with E-state index in [1.54, 1.807) is 0 Å². The molecule has 0 aliphatic heterocycles. The molecule has 0 unspecified atom stereocenters. The van der Waals surface area contributed by atoms with Gasteiger partial charge in [-0.1, -0.05) is 353 Å². The average Bonchev–Trinajstić information content (AvgIpc) is 0.747. The van der Waals surface area contributed by atoms with Crippen molar-refractivity contribution in [2.75, 3.05) is 0 Å². The number of aliphatic carboxylic acids is 3. The molecule has 590 valence electrons. The second-order valence-corrected chi connectivity index (χ2v) is 36.2. The van der Waals surface area contributed by atoms with Gasteiger partial charge in [0.05, 0.1) is 12.8 Å². The standard InChI is InChI=1S/3C36H23P.C6H8O7/c3*1-3-9-27-21-31-29(19-25(27)7-1)17-15-23-11-5-13-33(35(23)31)37-34-14-6-12-24-16-18-30-20-26-8-2-4-10-28(26)22-32(30)36(24)34;7-3(8)1-6(13,5(11)12)2-4(9)10/h3*1-22,37H;13H,1-2H2,(H,7,8)(H,9,10)(H,11,12). The largest absolute Gasteiger partial charge is 0.481 e. The summed E-state index contributed by atoms with van der Waals surface area (Å²) in [6.07, 6.45) is -2.29. The van der Waals surface area contributed by atoms with Crippen LogP contribution in [0.25, 0.3) is 194 Å². The lowest BCUT2D eigenvalue weighted by Gasteiger charge is -2.18. The minimum atomic E-state index is -2.74. The summed E-state index contributed by atoms with van der Waals surface area (Å²) < 4.78 is 0. The minimum absolute atomic E-state index is 0.565. The highest BCUT2D eigenvalue weighted by Crippen LogP contribution is 2.41. The molecule has 24 aromatic rings. The third-order valence-corrected chi connectivity index (χ3v) is 28.6. The van der Waals surface area contributed by atoms with Gasteiger partial charge >= 0.3 is 17.9 Å². The molecule has 10 heteroatoms. The van der Waals surface area contributed by atoms with Crippen molar-refractivity contribution in [3.8, 4) is 0 Å². The van der Waals surface area contributed by atoms with Crippen LogP contribution < -0.4 is 31.8 Å². The fraction of sp³-hybridized carbons (Fsp3) is 0.0263. The Bertz CT molecular complexity index is 7340. The number of fused-ring (bicyclic) bond motifs is 24. The van der Waals surface area contributed by atoms with E-state index in [0.717, 1.165) is 0 Å². The van der Waals surface area contributed by atoms with Crippen LogP contribution in [0.15, 0.2) is 400 Å². The van der Waals surface area contributed by atoms with E-state index >= 15 is 0 Å². The fourth-order valence-corrected chi connectivity index (χ4v) is 23.0. The van der Waals surface area contributed by atoms with Crippen LogP contribution in [0.5, 0.6) is 0 Å². The van der Waals surface area contributed by atoms with Crippen molar-refractivity contribution in [2.24, 2.45) is 0 Å². The Labute approximate surface area is 718 Å². The number of rotatable bonds is 11. The van der Waals surface area contributed by atoms with E-state index in [4.69, 9.17) is 20.4 Å². The Balaban J connectivity index is 0.000000106. The van der Waals surface area contributed by atoms with Crippen molar-refractivity contribution >= 4 is 269 Å². The summed E-state index contributed by atoms with van der Waals surface area (Å²) >= 11 is 0. The molecule has 4 N–H and O–H groups in total. The van der Waals surface area contributed by atoms with Gasteiger partial charge in [0.25, 0.3) is 0 Å². The molecule has 0 radical (unpaired) electrons. The van der Waals surface area contributed by atoms with Crippen LogP contribution in [0, 0.1) is 0 Å². The van der Waals surface area contributed by atoms with E-state index < -0.39 is 36.4 Å². The van der Waals surface area contributed by atoms with Crippen LogP contribution in [0.2, 0.25) is 0 Å². The third-order valence-electron chi connectivity index (χ3n) is 24.5. The van der Waals surface area contributed by atoms with Crippen molar-refractivity contribution in [2.45, 2.75) is 18.4 Å². The first kappa shape index (κ1) is 77.0. The summed E-state index contributed by atoms with van der Waals surface area (Å²) in [5, 5.41) is 89.8. The summed E-state index contributed by atoms with van der Waals surface area (Å²) in [6, 6.07) is 148. The van der Waals surface area contributed by atoms with Gasteiger partial charge in [-0.15, -0.1) is 0 Å². The van der Waals surface area contributed by atoms with Gasteiger partial charge in [0.1, 0.15) is 0 Å². The highest BCUT2D eigenvalue weighted by molar-refractivity contribution is 7.57. The fourth-order valence-electron chi connectivity index (χ4n) is 18.6. The van der Waals surface area contributed by atoms with Gasteiger partial charge in [-0.05, 0) is 299 Å². The van der Waals surface area contributed by atoms with Crippen LogP contribution in [0.4, 0.5) is 0 Å². The summed E-state index contributed by atoms with van der Waals surface area (Å²) in [5.74, 6) is -5.02. The molecule has 0 aliphatic rings. The zero-order valence-corrected chi connectivity index (χ0v) is 70.0. The quantitative estimate of drug-likeness (QED) is 0.0576. The smallest absolute Gasteiger partial charge is 0.336 e. The summed E-state index contributed by atoms with van der Waals surface area (Å²) in [4.78, 5) is 30.5. The molecule has 24 rings (SSSR count). The average molecular weight is 1650 g/mol. The van der Waals surface area contributed by atoms with E-state index in [2.05, 4.69) is 400 Å². The van der Waals surface area contributed by atoms with Gasteiger partial charge in [0.15, 0.2) is 5.60 Å². The number of hydrogen-bond acceptors (Lipinski definition) is 4. The zero-order chi connectivity index (χ0) is 83.7. The molecule has 0 atom stereocenters. The molecule has 0 saturated carbocycles. The molecule has 24 aromatic carbocycles. The predicted octanol–water partition coefficient (Wildman–Crippen LogP) is 26.5. The maximum Gasteiger partial charge on any atom is 0.336 e. The normalized spacial score (nSPS) is 11.8. The van der Waals surface area contributed by atoms with Crippen LogP contribution in [0.3, 0.4) is 0 Å². The second kappa shape index (κ2) is 32.2. The van der Waals surface area contributed by atoms with E-state index in [1.807, 2.05) is 0 Å². The SMILES string of the molecule is O=C(O)CC(O)(CC(=O)O)C(=O)O.c1ccc2cc3c(ccc4cccc(Pc5cccc6ccc7cc8ccccc8cc7c56)c43)cc2c1.c1ccc2cc3c(ccc4cccc(Pc5cccc6ccc7cc8ccccc8cc7c56)c43)cc2c1.c1ccc2cc3c(ccc4cccc(Pc5cccc6ccc7cc8ccccc8cc7c56)c43)cc2c1. The van der Waals surface area contributed by atoms with Gasteiger partial charge in [-0.25, -0.2) is 4.79 Å². The molecule has 0 bridgehead atoms. The number of carboxylic acids is 3. The number of hydrogen-bond donors (Lipinski definition) is 4. The lowest BCUT2D eigenvalue weighted by Crippen LogP contribution is -2.42. The second-order valence-electron chi connectivity index (χ2n) is 32.2. The van der Waals surface area contributed by atoms with E-state index in [9.17, 15) is 14.4 Å². The number of benzene rings is 24. The molecule has 0 fully saturated rings. The Kier molecular flexibility index (Phi) is 20.0. The molecule has 0 saturated heterocycles. The third kappa shape index (κ3) is 14.6. The summed E-state index contributed by atoms with van der Waals surface area (Å²) in [6.45, 7) is 0. The van der Waals surface area contributed by atoms with Crippen molar-refractivity contribution in [1.82, 2.24) is 0 Å². The van der Waals surface area contributed by atoms with E-state index in [-0.39, 0.29) is 0 Å². The lowest BCUT2D eigenvalue weighted by atomic mass is 9.96. The first-order valence-electron chi connectivity index (χ1n) is 41.5. The van der Waals surface area contributed by atoms with E-state index in [0.29, 0.717) is 25.7 Å². The van der Waals surface area contributed by atoms with Gasteiger partial charge < -0.3 is 20.4 Å². The Morgan fingerprint density at radius 2 is 0.331 bits per heavy atom. The molecule has 7 nitrogen and oxygen atoms in total. The lowest BCUT2D eigenvalue weighted by molar-refractivity contribution is -0.170. The van der Waals surface area contributed by atoms with Crippen LogP contribution >= 0.6 is 25.7 Å². The highest BCUT2D eigenvalue weighted by Gasteiger charge is 2.41. The summed E-state index contributed by atoms with van der Waals surface area (Å²) in [5.41, 5.74) is -2.74. The molecular weight excluding hydrogens is 1570 g/mol. The zero-order valence-electron chi connectivity index (χ0n) is 67.0. The van der Waals surface area contributed by atoms with Gasteiger partial charge in [-0.3, -0.25) is 9.59 Å². The molecule has 0 aliphatic carbocycles. The monoisotopic (exact) mass is 1650 g/mol. The van der Waals surface area contributed by atoms with Crippen molar-refractivity contribution in [1.29, 1.82) is 0 Å². The first-order valence-corrected chi connectivity index (χ1v) is 44.5. The molecule has 0 heterocycles. The van der Waals surface area contributed by atoms with Gasteiger partial charge in [0, 0.05) is 0 Å². The van der Waals surface area contributed by atoms with Crippen molar-refractivity contribution in [3.63, 3.8) is 0 Å². The molecule has 0 spiro atoms. The number of carboxylic acid groups (broad SMARTS) is 3. The van der Waals surface area contributed by atoms with Crippen molar-refractivity contribution in [3.05, 3.63) is 400 Å². The first-order chi connectivity index (χ1) is 60.7. The van der Waals surface area contributed by atoms with Gasteiger partial charge in [0.2, 0.25) is 0 Å². The van der Waals surface area contributed by atoms with Crippen LogP contribution in [0.1, 0.15) is 12.8 Å². The highest BCUT2D eigenvalue weighted by atomic mass is 31.1. The van der Waals surface area contributed by atoms with Gasteiger partial charge in [-0.2, -0.15) is 0 Å². The molecule has 124 heavy (non-hydrogen) atoms. The Morgan fingerprint density at radius 3 is 0.484 bits per heavy atom. The molecule has 0 aromatic heterocycles.